The van der Waals surface area contributed by atoms with Gasteiger partial charge in [0.1, 0.15) is 10.7 Å². The van der Waals surface area contributed by atoms with Crippen LogP contribution >= 0.6 is 11.3 Å². The Morgan fingerprint density at radius 1 is 1.52 bits per heavy atom. The molecule has 0 radical (unpaired) electrons. The lowest BCUT2D eigenvalue weighted by molar-refractivity contribution is 0.0691. The maximum Gasteiger partial charge on any atom is 0.355 e. The van der Waals surface area contributed by atoms with E-state index in [9.17, 15) is 9.59 Å². The first-order valence-corrected chi connectivity index (χ1v) is 7.09. The minimum Gasteiger partial charge on any atom is -0.476 e. The molecular weight excluding hydrogens is 294 g/mol. The number of carboxylic acids is 1. The van der Waals surface area contributed by atoms with Gasteiger partial charge in [0.05, 0.1) is 13.2 Å². The molecule has 2 N–H and O–H groups in total. The molecule has 0 aliphatic carbocycles. The molecule has 0 saturated carbocycles. The van der Waals surface area contributed by atoms with Gasteiger partial charge in [-0.05, 0) is 12.1 Å². The first kappa shape index (κ1) is 15.2. The number of rotatable bonds is 7. The normalized spacial score (nSPS) is 10.5. The van der Waals surface area contributed by atoms with Crippen LogP contribution in [0.15, 0.2) is 23.7 Å². The van der Waals surface area contributed by atoms with Gasteiger partial charge in [0.25, 0.3) is 5.91 Å². The zero-order valence-corrected chi connectivity index (χ0v) is 12.2. The molecule has 1 amide bonds. The maximum absolute atomic E-state index is 12.1. The van der Waals surface area contributed by atoms with Crippen molar-refractivity contribution in [2.75, 3.05) is 13.7 Å². The molecule has 0 aliphatic heterocycles. The van der Waals surface area contributed by atoms with E-state index < -0.39 is 5.97 Å². The van der Waals surface area contributed by atoms with E-state index in [0.717, 1.165) is 0 Å². The Balaban J connectivity index is 1.95. The number of carboxylic acid groups (broad SMARTS) is 1. The molecule has 0 aromatic carbocycles. The van der Waals surface area contributed by atoms with Crippen molar-refractivity contribution >= 4 is 23.2 Å². The average Bonchev–Trinajstić information content (AvgIpc) is 3.11. The van der Waals surface area contributed by atoms with Crippen molar-refractivity contribution in [3.05, 3.63) is 40.1 Å². The molecule has 0 spiro atoms. The Morgan fingerprint density at radius 2 is 2.33 bits per heavy atom. The number of aromatic carboxylic acids is 1. The zero-order valence-electron chi connectivity index (χ0n) is 11.4. The largest absolute Gasteiger partial charge is 0.476 e. The van der Waals surface area contributed by atoms with Crippen LogP contribution in [0, 0.1) is 0 Å². The summed E-state index contributed by atoms with van der Waals surface area (Å²) < 4.78 is 6.78. The zero-order chi connectivity index (χ0) is 15.2. The molecule has 2 heterocycles. The smallest absolute Gasteiger partial charge is 0.355 e. The summed E-state index contributed by atoms with van der Waals surface area (Å²) in [5.41, 5.74) is 0.523. The molecule has 112 valence electrons. The SMILES string of the molecule is COCCn1cccc1C(=O)NCc1nc(C(=O)O)cs1. The van der Waals surface area contributed by atoms with Crippen LogP contribution in [-0.4, -0.2) is 40.3 Å². The molecule has 0 atom stereocenters. The van der Waals surface area contributed by atoms with Gasteiger partial charge in [-0.15, -0.1) is 11.3 Å². The lowest BCUT2D eigenvalue weighted by Gasteiger charge is -2.08. The van der Waals surface area contributed by atoms with Crippen LogP contribution in [0.25, 0.3) is 0 Å². The monoisotopic (exact) mass is 309 g/mol. The summed E-state index contributed by atoms with van der Waals surface area (Å²) in [6.07, 6.45) is 1.81. The van der Waals surface area contributed by atoms with Crippen molar-refractivity contribution < 1.29 is 19.4 Å². The molecule has 8 heteroatoms. The summed E-state index contributed by atoms with van der Waals surface area (Å²) in [7, 11) is 1.60. The van der Waals surface area contributed by atoms with Crippen LogP contribution in [0.5, 0.6) is 0 Å². The number of amides is 1. The second-order valence-electron chi connectivity index (χ2n) is 4.19. The summed E-state index contributed by atoms with van der Waals surface area (Å²) >= 11 is 1.20. The fourth-order valence-corrected chi connectivity index (χ4v) is 2.45. The van der Waals surface area contributed by atoms with E-state index >= 15 is 0 Å². The third-order valence-electron chi connectivity index (χ3n) is 2.77. The molecule has 0 saturated heterocycles. The van der Waals surface area contributed by atoms with Crippen LogP contribution in [-0.2, 0) is 17.8 Å². The summed E-state index contributed by atoms with van der Waals surface area (Å²) in [6, 6.07) is 3.51. The first-order chi connectivity index (χ1) is 10.1. The third-order valence-corrected chi connectivity index (χ3v) is 3.62. The highest BCUT2D eigenvalue weighted by molar-refractivity contribution is 7.09. The third kappa shape index (κ3) is 3.89. The summed E-state index contributed by atoms with van der Waals surface area (Å²) in [4.78, 5) is 26.7. The quantitative estimate of drug-likeness (QED) is 0.802. The summed E-state index contributed by atoms with van der Waals surface area (Å²) in [5.74, 6) is -1.31. The van der Waals surface area contributed by atoms with Gasteiger partial charge in [-0.2, -0.15) is 0 Å². The number of thiazole rings is 1. The molecule has 7 nitrogen and oxygen atoms in total. The molecule has 21 heavy (non-hydrogen) atoms. The standard InChI is InChI=1S/C13H15N3O4S/c1-20-6-5-16-4-2-3-10(16)12(17)14-7-11-15-9(8-21-11)13(18)19/h2-4,8H,5-7H2,1H3,(H,14,17)(H,18,19). The Bertz CT molecular complexity index is 635. The molecule has 2 aromatic heterocycles. The van der Waals surface area contributed by atoms with Crippen molar-refractivity contribution in [1.82, 2.24) is 14.9 Å². The van der Waals surface area contributed by atoms with Crippen LogP contribution in [0.1, 0.15) is 26.0 Å². The van der Waals surface area contributed by atoms with Crippen molar-refractivity contribution in [3.63, 3.8) is 0 Å². The van der Waals surface area contributed by atoms with Gasteiger partial charge in [0, 0.05) is 25.2 Å². The minimum atomic E-state index is -1.07. The fourth-order valence-electron chi connectivity index (χ4n) is 1.74. The van der Waals surface area contributed by atoms with Crippen LogP contribution < -0.4 is 5.32 Å². The van der Waals surface area contributed by atoms with E-state index in [4.69, 9.17) is 9.84 Å². The van der Waals surface area contributed by atoms with Crippen molar-refractivity contribution in [1.29, 1.82) is 0 Å². The average molecular weight is 309 g/mol. The number of ether oxygens (including phenoxy) is 1. The number of carbonyl (C=O) groups is 2. The molecule has 0 bridgehead atoms. The lowest BCUT2D eigenvalue weighted by Crippen LogP contribution is -2.25. The van der Waals surface area contributed by atoms with Gasteiger partial charge in [-0.25, -0.2) is 9.78 Å². The highest BCUT2D eigenvalue weighted by atomic mass is 32.1. The van der Waals surface area contributed by atoms with Crippen LogP contribution in [0.2, 0.25) is 0 Å². The van der Waals surface area contributed by atoms with E-state index in [1.165, 1.54) is 16.7 Å². The molecule has 2 rings (SSSR count). The lowest BCUT2D eigenvalue weighted by atomic mass is 10.4. The first-order valence-electron chi connectivity index (χ1n) is 6.21. The number of hydrogen-bond donors (Lipinski definition) is 2. The molecule has 2 aromatic rings. The second-order valence-corrected chi connectivity index (χ2v) is 5.14. The van der Waals surface area contributed by atoms with Gasteiger partial charge < -0.3 is 19.7 Å². The Kier molecular flexibility index (Phi) is 5.07. The van der Waals surface area contributed by atoms with Crippen LogP contribution in [0.4, 0.5) is 0 Å². The Morgan fingerprint density at radius 3 is 3.00 bits per heavy atom. The summed E-state index contributed by atoms with van der Waals surface area (Å²) in [5, 5.41) is 13.5. The van der Waals surface area contributed by atoms with Crippen molar-refractivity contribution in [2.24, 2.45) is 0 Å². The van der Waals surface area contributed by atoms with Crippen LogP contribution in [0.3, 0.4) is 0 Å². The number of methoxy groups -OCH3 is 1. The maximum atomic E-state index is 12.1. The Hall–Kier alpha value is -2.19. The molecule has 0 unspecified atom stereocenters. The van der Waals surface area contributed by atoms with Gasteiger partial charge in [-0.1, -0.05) is 0 Å². The van der Waals surface area contributed by atoms with E-state index in [1.54, 1.807) is 30.0 Å². The summed E-state index contributed by atoms with van der Waals surface area (Å²) in [6.45, 7) is 1.31. The Labute approximate surface area is 125 Å². The van der Waals surface area contributed by atoms with E-state index in [-0.39, 0.29) is 18.1 Å². The molecular formula is C13H15N3O4S. The highest BCUT2D eigenvalue weighted by Gasteiger charge is 2.12. The minimum absolute atomic E-state index is 0.00674. The van der Waals surface area contributed by atoms with E-state index in [1.807, 2.05) is 0 Å². The number of hydrogen-bond acceptors (Lipinski definition) is 5. The van der Waals surface area contributed by atoms with Gasteiger partial charge in [-0.3, -0.25) is 4.79 Å². The van der Waals surface area contributed by atoms with Gasteiger partial charge >= 0.3 is 5.97 Å². The number of nitrogens with one attached hydrogen (secondary N) is 1. The van der Waals surface area contributed by atoms with E-state index in [0.29, 0.717) is 23.9 Å². The number of nitrogens with zero attached hydrogens (tertiary/aromatic N) is 2. The predicted molar refractivity (Wildman–Crippen MR) is 76.6 cm³/mol. The van der Waals surface area contributed by atoms with Crippen molar-refractivity contribution in [2.45, 2.75) is 13.1 Å². The van der Waals surface area contributed by atoms with Gasteiger partial charge in [0.2, 0.25) is 0 Å². The topological polar surface area (TPSA) is 93.5 Å². The predicted octanol–water partition coefficient (Wildman–Crippen LogP) is 1.22. The molecule has 0 fully saturated rings. The highest BCUT2D eigenvalue weighted by Crippen LogP contribution is 2.10. The van der Waals surface area contributed by atoms with Crippen molar-refractivity contribution in [3.8, 4) is 0 Å². The van der Waals surface area contributed by atoms with Gasteiger partial charge in [0.15, 0.2) is 5.69 Å². The number of carbonyl (C=O) groups excluding carboxylic acids is 1. The second kappa shape index (κ2) is 7.00. The molecule has 0 aliphatic rings. The van der Waals surface area contributed by atoms with E-state index in [2.05, 4.69) is 10.3 Å². The fraction of sp³-hybridized carbons (Fsp3) is 0.308. The number of aromatic nitrogens is 2.